The molecule has 2 N–H and O–H groups in total. The summed E-state index contributed by atoms with van der Waals surface area (Å²) in [5, 5.41) is 6.90. The number of rotatable bonds is 5. The third-order valence-corrected chi connectivity index (χ3v) is 4.60. The summed E-state index contributed by atoms with van der Waals surface area (Å²) in [7, 11) is 0. The zero-order valence-corrected chi connectivity index (χ0v) is 13.8. The van der Waals surface area contributed by atoms with Crippen molar-refractivity contribution in [2.24, 2.45) is 5.92 Å². The van der Waals surface area contributed by atoms with Gasteiger partial charge in [0.15, 0.2) is 0 Å². The predicted octanol–water partition coefficient (Wildman–Crippen LogP) is 3.81. The Balaban J connectivity index is 0.00000200. The molecule has 1 aliphatic heterocycles. The minimum Gasteiger partial charge on any atom is -0.326 e. The smallest absolute Gasteiger partial charge is 0.224 e. The number of hydrogen-bond acceptors (Lipinski definition) is 3. The highest BCUT2D eigenvalue weighted by molar-refractivity contribution is 7.98. The van der Waals surface area contributed by atoms with Crippen LogP contribution in [0, 0.1) is 5.92 Å². The molecule has 1 fully saturated rings. The second-order valence-electron chi connectivity index (χ2n) is 4.80. The predicted molar refractivity (Wildman–Crippen MR) is 89.3 cm³/mol. The fourth-order valence-corrected chi connectivity index (χ4v) is 3.13. The van der Waals surface area contributed by atoms with E-state index in [0.29, 0.717) is 17.4 Å². The Kier molecular flexibility index (Phi) is 7.74. The summed E-state index contributed by atoms with van der Waals surface area (Å²) >= 11 is 7.71. The van der Waals surface area contributed by atoms with E-state index in [1.165, 1.54) is 6.42 Å². The average molecular weight is 335 g/mol. The van der Waals surface area contributed by atoms with Crippen LogP contribution in [0.25, 0.3) is 0 Å². The van der Waals surface area contributed by atoms with Crippen LogP contribution < -0.4 is 10.6 Å². The van der Waals surface area contributed by atoms with Gasteiger partial charge < -0.3 is 10.6 Å². The van der Waals surface area contributed by atoms with Gasteiger partial charge in [0, 0.05) is 17.0 Å². The largest absolute Gasteiger partial charge is 0.326 e. The highest BCUT2D eigenvalue weighted by Gasteiger charge is 2.15. The summed E-state index contributed by atoms with van der Waals surface area (Å²) in [5.41, 5.74) is 0.775. The SMILES string of the molecule is CSc1ccc(NC(=O)CCC2CCNC2)cc1Cl.Cl. The first-order valence-corrected chi connectivity index (χ1v) is 8.13. The van der Waals surface area contributed by atoms with Gasteiger partial charge in [-0.25, -0.2) is 0 Å². The quantitative estimate of drug-likeness (QED) is 0.804. The van der Waals surface area contributed by atoms with Crippen LogP contribution in [0.4, 0.5) is 5.69 Å². The second kappa shape index (κ2) is 8.78. The molecule has 1 aliphatic rings. The Hall–Kier alpha value is -0.420. The van der Waals surface area contributed by atoms with E-state index in [1.54, 1.807) is 11.8 Å². The molecule has 0 spiro atoms. The van der Waals surface area contributed by atoms with Crippen molar-refractivity contribution < 1.29 is 4.79 Å². The highest BCUT2D eigenvalue weighted by Crippen LogP contribution is 2.28. The number of carbonyl (C=O) groups is 1. The molecule has 1 heterocycles. The Morgan fingerprint density at radius 3 is 2.95 bits per heavy atom. The molecule has 6 heteroatoms. The summed E-state index contributed by atoms with van der Waals surface area (Å²) in [5.74, 6) is 0.716. The van der Waals surface area contributed by atoms with E-state index >= 15 is 0 Å². The second-order valence-corrected chi connectivity index (χ2v) is 6.05. The zero-order chi connectivity index (χ0) is 13.7. The van der Waals surface area contributed by atoms with Crippen molar-refractivity contribution in [2.75, 3.05) is 24.7 Å². The van der Waals surface area contributed by atoms with Crippen molar-refractivity contribution in [3.05, 3.63) is 23.2 Å². The van der Waals surface area contributed by atoms with Gasteiger partial charge in [0.05, 0.1) is 5.02 Å². The van der Waals surface area contributed by atoms with E-state index in [-0.39, 0.29) is 18.3 Å². The molecule has 1 saturated heterocycles. The normalized spacial score (nSPS) is 17.6. The molecule has 0 bridgehead atoms. The fraction of sp³-hybridized carbons (Fsp3) is 0.500. The van der Waals surface area contributed by atoms with Gasteiger partial charge in [0.2, 0.25) is 5.91 Å². The van der Waals surface area contributed by atoms with Gasteiger partial charge in [-0.15, -0.1) is 24.2 Å². The molecule has 1 unspecified atom stereocenters. The van der Waals surface area contributed by atoms with E-state index in [0.717, 1.165) is 30.1 Å². The van der Waals surface area contributed by atoms with Crippen LogP contribution in [0.5, 0.6) is 0 Å². The van der Waals surface area contributed by atoms with Crippen molar-refractivity contribution in [2.45, 2.75) is 24.2 Å². The van der Waals surface area contributed by atoms with E-state index in [9.17, 15) is 4.79 Å². The topological polar surface area (TPSA) is 41.1 Å². The van der Waals surface area contributed by atoms with Crippen molar-refractivity contribution in [3.8, 4) is 0 Å². The standard InChI is InChI=1S/C14H19ClN2OS.ClH/c1-19-13-4-3-11(8-12(13)15)17-14(18)5-2-10-6-7-16-9-10;/h3-4,8,10,16H,2,5-7,9H2,1H3,(H,17,18);1H. The molecule has 1 atom stereocenters. The Labute approximate surface area is 135 Å². The van der Waals surface area contributed by atoms with Crippen LogP contribution in [0.15, 0.2) is 23.1 Å². The van der Waals surface area contributed by atoms with E-state index in [2.05, 4.69) is 10.6 Å². The molecule has 3 nitrogen and oxygen atoms in total. The van der Waals surface area contributed by atoms with Gasteiger partial charge in [-0.3, -0.25) is 4.79 Å². The lowest BCUT2D eigenvalue weighted by molar-refractivity contribution is -0.116. The number of carbonyl (C=O) groups excluding carboxylic acids is 1. The van der Waals surface area contributed by atoms with Gasteiger partial charge in [0.1, 0.15) is 0 Å². The van der Waals surface area contributed by atoms with E-state index in [1.807, 2.05) is 24.5 Å². The average Bonchev–Trinajstić information content (AvgIpc) is 2.90. The van der Waals surface area contributed by atoms with E-state index in [4.69, 9.17) is 11.6 Å². The minimum atomic E-state index is 0. The van der Waals surface area contributed by atoms with Gasteiger partial charge >= 0.3 is 0 Å². The van der Waals surface area contributed by atoms with Crippen LogP contribution in [-0.2, 0) is 4.79 Å². The molecule has 20 heavy (non-hydrogen) atoms. The van der Waals surface area contributed by atoms with Crippen LogP contribution >= 0.6 is 35.8 Å². The zero-order valence-electron chi connectivity index (χ0n) is 11.4. The molecule has 0 aromatic heterocycles. The summed E-state index contributed by atoms with van der Waals surface area (Å²) in [4.78, 5) is 12.9. The van der Waals surface area contributed by atoms with E-state index < -0.39 is 0 Å². The number of amides is 1. The monoisotopic (exact) mass is 334 g/mol. The first-order valence-electron chi connectivity index (χ1n) is 6.53. The molecular weight excluding hydrogens is 315 g/mol. The molecule has 1 aromatic rings. The molecule has 2 rings (SSSR count). The highest BCUT2D eigenvalue weighted by atomic mass is 35.5. The number of benzene rings is 1. The summed E-state index contributed by atoms with van der Waals surface area (Å²) in [6.45, 7) is 2.12. The first kappa shape index (κ1) is 17.6. The summed E-state index contributed by atoms with van der Waals surface area (Å²) in [6, 6.07) is 5.64. The lowest BCUT2D eigenvalue weighted by Crippen LogP contribution is -2.15. The van der Waals surface area contributed by atoms with Crippen LogP contribution in [0.1, 0.15) is 19.3 Å². The van der Waals surface area contributed by atoms with Crippen LogP contribution in [0.3, 0.4) is 0 Å². The lowest BCUT2D eigenvalue weighted by atomic mass is 10.0. The van der Waals surface area contributed by atoms with Crippen molar-refractivity contribution in [3.63, 3.8) is 0 Å². The number of hydrogen-bond donors (Lipinski definition) is 2. The van der Waals surface area contributed by atoms with Gasteiger partial charge in [0.25, 0.3) is 0 Å². The fourth-order valence-electron chi connectivity index (χ4n) is 2.26. The molecule has 0 saturated carbocycles. The number of nitrogens with one attached hydrogen (secondary N) is 2. The van der Waals surface area contributed by atoms with Gasteiger partial charge in [-0.1, -0.05) is 11.6 Å². The van der Waals surface area contributed by atoms with Gasteiger partial charge in [-0.05, 0) is 56.3 Å². The summed E-state index contributed by atoms with van der Waals surface area (Å²) in [6.07, 6.45) is 4.69. The number of anilines is 1. The maximum absolute atomic E-state index is 11.9. The lowest BCUT2D eigenvalue weighted by Gasteiger charge is -2.09. The third-order valence-electron chi connectivity index (χ3n) is 3.38. The van der Waals surface area contributed by atoms with Gasteiger partial charge in [-0.2, -0.15) is 0 Å². The van der Waals surface area contributed by atoms with Crippen LogP contribution in [-0.4, -0.2) is 25.3 Å². The first-order chi connectivity index (χ1) is 9.19. The Morgan fingerprint density at radius 2 is 2.35 bits per heavy atom. The molecule has 0 aliphatic carbocycles. The summed E-state index contributed by atoms with van der Waals surface area (Å²) < 4.78 is 0. The van der Waals surface area contributed by atoms with Crippen LogP contribution in [0.2, 0.25) is 5.02 Å². The molecule has 112 valence electrons. The van der Waals surface area contributed by atoms with Crippen molar-refractivity contribution >= 4 is 47.4 Å². The minimum absolute atomic E-state index is 0. The van der Waals surface area contributed by atoms with Crippen molar-refractivity contribution in [1.29, 1.82) is 0 Å². The Morgan fingerprint density at radius 1 is 1.55 bits per heavy atom. The maximum atomic E-state index is 11.9. The molecule has 0 radical (unpaired) electrons. The Bertz CT molecular complexity index is 451. The number of halogens is 2. The number of thioether (sulfide) groups is 1. The van der Waals surface area contributed by atoms with Crippen molar-refractivity contribution in [1.82, 2.24) is 5.32 Å². The third kappa shape index (κ3) is 5.17. The molecule has 1 amide bonds. The maximum Gasteiger partial charge on any atom is 0.224 e. The molecular formula is C14H20Cl2N2OS. The molecule has 1 aromatic carbocycles.